The molecule has 0 saturated carbocycles. The zero-order valence-corrected chi connectivity index (χ0v) is 16.6. The van der Waals surface area contributed by atoms with E-state index >= 15 is 0 Å². The summed E-state index contributed by atoms with van der Waals surface area (Å²) < 4.78 is 0.990. The quantitative estimate of drug-likeness (QED) is 0.692. The number of amides is 3. The van der Waals surface area contributed by atoms with E-state index in [9.17, 15) is 14.4 Å². The van der Waals surface area contributed by atoms with E-state index < -0.39 is 0 Å². The second kappa shape index (κ2) is 6.93. The monoisotopic (exact) mass is 426 g/mol. The molecular formula is C21H19BrN2O3. The number of halogens is 1. The van der Waals surface area contributed by atoms with Gasteiger partial charge < -0.3 is 4.90 Å². The van der Waals surface area contributed by atoms with Crippen LogP contribution in [0.5, 0.6) is 0 Å². The number of nitrogens with zero attached hydrogens (tertiary/aromatic N) is 2. The maximum atomic E-state index is 13.0. The molecule has 0 bridgehead atoms. The summed E-state index contributed by atoms with van der Waals surface area (Å²) in [6.07, 6.45) is 2.48. The molecule has 0 fully saturated rings. The molecule has 2 aliphatic heterocycles. The molecular weight excluding hydrogens is 408 g/mol. The minimum absolute atomic E-state index is 0.147. The van der Waals surface area contributed by atoms with E-state index in [0.717, 1.165) is 35.0 Å². The predicted molar refractivity (Wildman–Crippen MR) is 106 cm³/mol. The lowest BCUT2D eigenvalue weighted by molar-refractivity contribution is 0.0652. The molecule has 0 aromatic heterocycles. The Morgan fingerprint density at radius 2 is 1.85 bits per heavy atom. The normalized spacial score (nSPS) is 15.3. The highest BCUT2D eigenvalue weighted by Gasteiger charge is 2.36. The van der Waals surface area contributed by atoms with Crippen LogP contribution in [0.1, 0.15) is 56.4 Å². The smallest absolute Gasteiger partial charge is 0.261 e. The van der Waals surface area contributed by atoms with Gasteiger partial charge in [0.15, 0.2) is 0 Å². The van der Waals surface area contributed by atoms with Crippen molar-refractivity contribution in [2.45, 2.75) is 26.2 Å². The van der Waals surface area contributed by atoms with Gasteiger partial charge in [-0.1, -0.05) is 29.3 Å². The highest BCUT2D eigenvalue weighted by molar-refractivity contribution is 9.10. The van der Waals surface area contributed by atoms with Gasteiger partial charge in [-0.3, -0.25) is 19.3 Å². The van der Waals surface area contributed by atoms with E-state index in [1.807, 2.05) is 25.1 Å². The molecule has 4 rings (SSSR count). The number of unbranched alkanes of at least 4 members (excludes halogenated alkanes) is 1. The first-order chi connectivity index (χ1) is 13.0. The zero-order valence-electron chi connectivity index (χ0n) is 15.0. The summed E-state index contributed by atoms with van der Waals surface area (Å²) >= 11 is 3.46. The number of fused-ring (bicyclic) bond motifs is 2. The van der Waals surface area contributed by atoms with E-state index in [1.165, 1.54) is 4.90 Å². The van der Waals surface area contributed by atoms with Crippen molar-refractivity contribution in [3.8, 4) is 0 Å². The maximum absolute atomic E-state index is 13.0. The van der Waals surface area contributed by atoms with Crippen molar-refractivity contribution < 1.29 is 14.4 Å². The van der Waals surface area contributed by atoms with Gasteiger partial charge in [0.25, 0.3) is 17.7 Å². The molecule has 0 atom stereocenters. The van der Waals surface area contributed by atoms with Gasteiger partial charge >= 0.3 is 0 Å². The lowest BCUT2D eigenvalue weighted by Crippen LogP contribution is -2.30. The minimum atomic E-state index is -0.302. The fraction of sp³-hybridized carbons (Fsp3) is 0.286. The van der Waals surface area contributed by atoms with Crippen LogP contribution >= 0.6 is 15.9 Å². The Morgan fingerprint density at radius 3 is 2.63 bits per heavy atom. The number of imide groups is 1. The first kappa shape index (κ1) is 17.9. The Hall–Kier alpha value is -2.47. The van der Waals surface area contributed by atoms with E-state index in [0.29, 0.717) is 29.8 Å². The molecule has 2 aromatic carbocycles. The highest BCUT2D eigenvalue weighted by atomic mass is 79.9. The van der Waals surface area contributed by atoms with Crippen LogP contribution in [0.15, 0.2) is 40.9 Å². The molecule has 138 valence electrons. The van der Waals surface area contributed by atoms with Crippen LogP contribution in [0.25, 0.3) is 0 Å². The molecule has 0 N–H and O–H groups in total. The van der Waals surface area contributed by atoms with Crippen molar-refractivity contribution in [1.82, 2.24) is 4.90 Å². The summed E-state index contributed by atoms with van der Waals surface area (Å²) in [5.41, 5.74) is 3.17. The lowest BCUT2D eigenvalue weighted by atomic mass is 10.0. The van der Waals surface area contributed by atoms with Gasteiger partial charge in [0.2, 0.25) is 0 Å². The molecule has 0 spiro atoms. The zero-order chi connectivity index (χ0) is 19.1. The van der Waals surface area contributed by atoms with Crippen molar-refractivity contribution in [3.63, 3.8) is 0 Å². The summed E-state index contributed by atoms with van der Waals surface area (Å²) in [4.78, 5) is 41.1. The van der Waals surface area contributed by atoms with Crippen molar-refractivity contribution in [1.29, 1.82) is 0 Å². The van der Waals surface area contributed by atoms with Gasteiger partial charge in [-0.15, -0.1) is 0 Å². The summed E-state index contributed by atoms with van der Waals surface area (Å²) in [6.45, 7) is 3.04. The van der Waals surface area contributed by atoms with Crippen LogP contribution < -0.4 is 4.90 Å². The third kappa shape index (κ3) is 2.98. The molecule has 0 aliphatic carbocycles. The molecule has 2 aliphatic rings. The minimum Gasteiger partial charge on any atom is -0.308 e. The van der Waals surface area contributed by atoms with Gasteiger partial charge in [-0.2, -0.15) is 0 Å². The van der Waals surface area contributed by atoms with Gasteiger partial charge in [0.05, 0.1) is 11.1 Å². The highest BCUT2D eigenvalue weighted by Crippen LogP contribution is 2.32. The van der Waals surface area contributed by atoms with Gasteiger partial charge in [-0.25, -0.2) is 0 Å². The van der Waals surface area contributed by atoms with Crippen LogP contribution in [-0.4, -0.2) is 35.7 Å². The van der Waals surface area contributed by atoms with Crippen molar-refractivity contribution in [3.05, 3.63) is 63.1 Å². The molecule has 2 heterocycles. The summed E-state index contributed by atoms with van der Waals surface area (Å²) in [6, 6.07) is 10.7. The van der Waals surface area contributed by atoms with Crippen LogP contribution in [0, 0.1) is 0 Å². The second-order valence-corrected chi connectivity index (χ2v) is 7.77. The number of benzene rings is 2. The van der Waals surface area contributed by atoms with Crippen LogP contribution in [-0.2, 0) is 6.42 Å². The Kier molecular flexibility index (Phi) is 4.60. The standard InChI is InChI=1S/C21H19BrN2O3/c1-2-3-9-24-20(26)16-6-4-14(12-17(16)21(24)27)19(25)23-10-8-13-11-15(22)5-7-18(13)23/h4-7,11-12H,2-3,8-10H2,1H3. The third-order valence-corrected chi connectivity index (χ3v) is 5.63. The Balaban J connectivity index is 1.63. The van der Waals surface area contributed by atoms with Crippen LogP contribution in [0.3, 0.4) is 0 Å². The Bertz CT molecular complexity index is 970. The Morgan fingerprint density at radius 1 is 1.07 bits per heavy atom. The molecule has 0 saturated heterocycles. The number of rotatable bonds is 4. The molecule has 0 radical (unpaired) electrons. The average molecular weight is 427 g/mol. The number of hydrogen-bond acceptors (Lipinski definition) is 3. The Labute approximate surface area is 166 Å². The molecule has 0 unspecified atom stereocenters. The number of anilines is 1. The third-order valence-electron chi connectivity index (χ3n) is 5.14. The SMILES string of the molecule is CCCCN1C(=O)c2ccc(C(=O)N3CCc4cc(Br)ccc43)cc2C1=O. The molecule has 2 aromatic rings. The first-order valence-electron chi connectivity index (χ1n) is 9.11. The van der Waals surface area contributed by atoms with Gasteiger partial charge in [0.1, 0.15) is 0 Å². The number of carbonyl (C=O) groups is 3. The van der Waals surface area contributed by atoms with Gasteiger partial charge in [0, 0.05) is 28.8 Å². The predicted octanol–water partition coefficient (Wildman–Crippen LogP) is 4.05. The lowest BCUT2D eigenvalue weighted by Gasteiger charge is -2.17. The van der Waals surface area contributed by atoms with Gasteiger partial charge in [-0.05, 0) is 54.8 Å². The summed E-state index contributed by atoms with van der Waals surface area (Å²) in [5, 5.41) is 0. The average Bonchev–Trinajstić information content (AvgIpc) is 3.19. The maximum Gasteiger partial charge on any atom is 0.261 e. The van der Waals surface area contributed by atoms with Crippen LogP contribution in [0.4, 0.5) is 5.69 Å². The summed E-state index contributed by atoms with van der Waals surface area (Å²) in [7, 11) is 0. The number of hydrogen-bond donors (Lipinski definition) is 0. The van der Waals surface area contributed by atoms with Crippen molar-refractivity contribution in [2.75, 3.05) is 18.0 Å². The molecule has 3 amide bonds. The van der Waals surface area contributed by atoms with E-state index in [2.05, 4.69) is 15.9 Å². The van der Waals surface area contributed by atoms with Crippen molar-refractivity contribution >= 4 is 39.3 Å². The van der Waals surface area contributed by atoms with Crippen molar-refractivity contribution in [2.24, 2.45) is 0 Å². The molecule has 27 heavy (non-hydrogen) atoms. The topological polar surface area (TPSA) is 57.7 Å². The van der Waals surface area contributed by atoms with E-state index in [4.69, 9.17) is 0 Å². The molecule has 5 nitrogen and oxygen atoms in total. The van der Waals surface area contributed by atoms with Crippen LogP contribution in [0.2, 0.25) is 0 Å². The van der Waals surface area contributed by atoms with E-state index in [1.54, 1.807) is 23.1 Å². The van der Waals surface area contributed by atoms with E-state index in [-0.39, 0.29) is 17.7 Å². The second-order valence-electron chi connectivity index (χ2n) is 6.86. The summed E-state index contributed by atoms with van der Waals surface area (Å²) in [5.74, 6) is -0.714. The fourth-order valence-electron chi connectivity index (χ4n) is 3.68. The fourth-order valence-corrected chi connectivity index (χ4v) is 4.09. The molecule has 6 heteroatoms. The largest absolute Gasteiger partial charge is 0.308 e. The first-order valence-corrected chi connectivity index (χ1v) is 9.91. The number of carbonyl (C=O) groups excluding carboxylic acids is 3.